The van der Waals surface area contributed by atoms with Gasteiger partial charge in [-0.3, -0.25) is 0 Å². The topological polar surface area (TPSA) is 55.8 Å². The summed E-state index contributed by atoms with van der Waals surface area (Å²) in [6, 6.07) is 4.28. The second-order valence-corrected chi connectivity index (χ2v) is 6.78. The van der Waals surface area contributed by atoms with Gasteiger partial charge >= 0.3 is 0 Å². The molecule has 2 rings (SSSR count). The molecule has 6 heteroatoms. The normalized spacial score (nSPS) is 16.0. The van der Waals surface area contributed by atoms with E-state index in [1.165, 1.54) is 19.3 Å². The molecule has 6 nitrogen and oxygen atoms in total. The van der Waals surface area contributed by atoms with E-state index in [1.807, 2.05) is 6.20 Å². The Bertz CT molecular complexity index is 520. The molecule has 1 aliphatic rings. The van der Waals surface area contributed by atoms with E-state index in [0.29, 0.717) is 6.54 Å². The number of likely N-dealkylation sites (N-methyl/N-ethyl adjacent to an activating group) is 1. The van der Waals surface area contributed by atoms with Crippen molar-refractivity contribution in [2.24, 2.45) is 4.99 Å². The van der Waals surface area contributed by atoms with Crippen LogP contribution in [0.3, 0.4) is 0 Å². The van der Waals surface area contributed by atoms with Crippen molar-refractivity contribution in [3.05, 3.63) is 23.9 Å². The fourth-order valence-electron chi connectivity index (χ4n) is 3.08. The van der Waals surface area contributed by atoms with Crippen LogP contribution in [0.4, 0.5) is 5.82 Å². The molecule has 26 heavy (non-hydrogen) atoms. The summed E-state index contributed by atoms with van der Waals surface area (Å²) in [6.45, 7) is 14.6. The number of aliphatic imine (C=N–C) groups is 1. The zero-order chi connectivity index (χ0) is 18.6. The third-order valence-corrected chi connectivity index (χ3v) is 4.79. The van der Waals surface area contributed by atoms with Gasteiger partial charge in [-0.1, -0.05) is 32.8 Å². The van der Waals surface area contributed by atoms with Gasteiger partial charge in [-0.25, -0.2) is 9.98 Å². The molecule has 146 valence electrons. The molecule has 2 N–H and O–H groups in total. The first kappa shape index (κ1) is 20.5. The number of nitrogens with one attached hydrogen (secondary N) is 2. The molecule has 0 saturated carbocycles. The van der Waals surface area contributed by atoms with E-state index in [-0.39, 0.29) is 0 Å². The quantitative estimate of drug-likeness (QED) is 0.402. The fraction of sp³-hybridized carbons (Fsp3) is 0.700. The Morgan fingerprint density at radius 1 is 1.08 bits per heavy atom. The Morgan fingerprint density at radius 3 is 2.50 bits per heavy atom. The standard InChI is InChI=1S/C20H36N6/c1-4-7-8-11-22-20(21-5-2)24-17-18-9-10-19(23-16-18)26-14-12-25(6-3)13-15-26/h9-10,16H,4-8,11-15,17H2,1-3H3,(H2,21,22,24). The summed E-state index contributed by atoms with van der Waals surface area (Å²) in [7, 11) is 0. The van der Waals surface area contributed by atoms with Crippen LogP contribution in [0, 0.1) is 0 Å². The van der Waals surface area contributed by atoms with Crippen LogP contribution in [0.25, 0.3) is 0 Å². The van der Waals surface area contributed by atoms with Gasteiger partial charge < -0.3 is 20.4 Å². The SMILES string of the molecule is CCCCCNC(=NCc1ccc(N2CCN(CC)CC2)nc1)NCC. The van der Waals surface area contributed by atoms with Gasteiger partial charge in [0, 0.05) is 45.5 Å². The minimum atomic E-state index is 0.653. The number of anilines is 1. The number of rotatable bonds is 9. The van der Waals surface area contributed by atoms with Crippen LogP contribution >= 0.6 is 0 Å². The molecule has 0 aromatic carbocycles. The molecule has 0 spiro atoms. The minimum Gasteiger partial charge on any atom is -0.357 e. The molecular weight excluding hydrogens is 324 g/mol. The molecule has 0 bridgehead atoms. The molecule has 0 aliphatic carbocycles. The predicted molar refractivity (Wildman–Crippen MR) is 111 cm³/mol. The van der Waals surface area contributed by atoms with E-state index < -0.39 is 0 Å². The summed E-state index contributed by atoms with van der Waals surface area (Å²) < 4.78 is 0. The van der Waals surface area contributed by atoms with Crippen LogP contribution in [0.15, 0.2) is 23.3 Å². The van der Waals surface area contributed by atoms with Crippen molar-refractivity contribution in [1.29, 1.82) is 0 Å². The lowest BCUT2D eigenvalue weighted by molar-refractivity contribution is 0.270. The molecule has 0 radical (unpaired) electrons. The molecule has 2 heterocycles. The second kappa shape index (κ2) is 11.7. The Morgan fingerprint density at radius 2 is 1.88 bits per heavy atom. The third kappa shape index (κ3) is 6.83. The average molecular weight is 361 g/mol. The molecular formula is C20H36N6. The summed E-state index contributed by atoms with van der Waals surface area (Å²) in [5.74, 6) is 1.97. The second-order valence-electron chi connectivity index (χ2n) is 6.78. The van der Waals surface area contributed by atoms with Crippen molar-refractivity contribution >= 4 is 11.8 Å². The molecule has 1 aromatic heterocycles. The number of unbranched alkanes of at least 4 members (excludes halogenated alkanes) is 2. The van der Waals surface area contributed by atoms with Gasteiger partial charge in [0.15, 0.2) is 5.96 Å². The zero-order valence-corrected chi connectivity index (χ0v) is 16.8. The zero-order valence-electron chi connectivity index (χ0n) is 16.8. The maximum absolute atomic E-state index is 4.68. The molecule has 1 saturated heterocycles. The number of pyridine rings is 1. The molecule has 1 aliphatic heterocycles. The van der Waals surface area contributed by atoms with Crippen LogP contribution in [-0.4, -0.2) is 61.7 Å². The van der Waals surface area contributed by atoms with E-state index in [9.17, 15) is 0 Å². The smallest absolute Gasteiger partial charge is 0.191 e. The van der Waals surface area contributed by atoms with Gasteiger partial charge in [0.2, 0.25) is 0 Å². The van der Waals surface area contributed by atoms with Gasteiger partial charge in [-0.2, -0.15) is 0 Å². The first-order valence-electron chi connectivity index (χ1n) is 10.2. The van der Waals surface area contributed by atoms with Crippen molar-refractivity contribution < 1.29 is 0 Å². The van der Waals surface area contributed by atoms with Crippen LogP contribution in [0.1, 0.15) is 45.6 Å². The third-order valence-electron chi connectivity index (χ3n) is 4.79. The molecule has 0 atom stereocenters. The maximum atomic E-state index is 4.68. The van der Waals surface area contributed by atoms with Crippen LogP contribution in [-0.2, 0) is 6.54 Å². The van der Waals surface area contributed by atoms with E-state index in [1.54, 1.807) is 0 Å². The molecule has 1 aromatic rings. The lowest BCUT2D eigenvalue weighted by Crippen LogP contribution is -2.46. The number of aromatic nitrogens is 1. The molecule has 1 fully saturated rings. The predicted octanol–water partition coefficient (Wildman–Crippen LogP) is 2.47. The van der Waals surface area contributed by atoms with Crippen molar-refractivity contribution in [2.45, 2.75) is 46.6 Å². The monoisotopic (exact) mass is 360 g/mol. The number of piperazine rings is 1. The highest BCUT2D eigenvalue weighted by Crippen LogP contribution is 2.14. The average Bonchev–Trinajstić information content (AvgIpc) is 2.70. The van der Waals surface area contributed by atoms with Crippen molar-refractivity contribution in [2.75, 3.05) is 50.7 Å². The van der Waals surface area contributed by atoms with Gasteiger partial charge in [-0.05, 0) is 31.5 Å². The van der Waals surface area contributed by atoms with Crippen molar-refractivity contribution in [3.63, 3.8) is 0 Å². The Kier molecular flexibility index (Phi) is 9.24. The summed E-state index contributed by atoms with van der Waals surface area (Å²) in [5, 5.41) is 6.71. The van der Waals surface area contributed by atoms with Gasteiger partial charge in [0.25, 0.3) is 0 Å². The minimum absolute atomic E-state index is 0.653. The summed E-state index contributed by atoms with van der Waals surface area (Å²) >= 11 is 0. The number of nitrogens with zero attached hydrogens (tertiary/aromatic N) is 4. The number of hydrogen-bond acceptors (Lipinski definition) is 4. The van der Waals surface area contributed by atoms with E-state index in [2.05, 4.69) is 63.3 Å². The summed E-state index contributed by atoms with van der Waals surface area (Å²) in [6.07, 6.45) is 5.64. The highest BCUT2D eigenvalue weighted by atomic mass is 15.3. The Labute approximate surface area is 159 Å². The highest BCUT2D eigenvalue weighted by molar-refractivity contribution is 5.79. The van der Waals surface area contributed by atoms with Crippen LogP contribution in [0.2, 0.25) is 0 Å². The first-order chi connectivity index (χ1) is 12.8. The summed E-state index contributed by atoms with van der Waals surface area (Å²) in [5.41, 5.74) is 1.15. The van der Waals surface area contributed by atoms with E-state index in [4.69, 9.17) is 0 Å². The Hall–Kier alpha value is -1.82. The van der Waals surface area contributed by atoms with Crippen molar-refractivity contribution in [3.8, 4) is 0 Å². The molecule has 0 amide bonds. The van der Waals surface area contributed by atoms with Crippen LogP contribution < -0.4 is 15.5 Å². The van der Waals surface area contributed by atoms with Gasteiger partial charge in [0.1, 0.15) is 5.82 Å². The van der Waals surface area contributed by atoms with Gasteiger partial charge in [-0.15, -0.1) is 0 Å². The summed E-state index contributed by atoms with van der Waals surface area (Å²) in [4.78, 5) is 14.2. The maximum Gasteiger partial charge on any atom is 0.191 e. The van der Waals surface area contributed by atoms with Gasteiger partial charge in [0.05, 0.1) is 6.54 Å². The van der Waals surface area contributed by atoms with E-state index >= 15 is 0 Å². The fourth-order valence-corrected chi connectivity index (χ4v) is 3.08. The van der Waals surface area contributed by atoms with E-state index in [0.717, 1.165) is 63.2 Å². The molecule has 0 unspecified atom stereocenters. The lowest BCUT2D eigenvalue weighted by Gasteiger charge is -2.34. The highest BCUT2D eigenvalue weighted by Gasteiger charge is 2.16. The number of hydrogen-bond donors (Lipinski definition) is 2. The Balaban J connectivity index is 1.84. The first-order valence-corrected chi connectivity index (χ1v) is 10.2. The van der Waals surface area contributed by atoms with Crippen molar-refractivity contribution in [1.82, 2.24) is 20.5 Å². The lowest BCUT2D eigenvalue weighted by atomic mass is 10.2. The largest absolute Gasteiger partial charge is 0.357 e. The number of guanidine groups is 1. The van der Waals surface area contributed by atoms with Crippen LogP contribution in [0.5, 0.6) is 0 Å².